The van der Waals surface area contributed by atoms with Gasteiger partial charge in [0.05, 0.1) is 5.92 Å². The first-order valence-electron chi connectivity index (χ1n) is 8.73. The minimum Gasteiger partial charge on any atom is -0.355 e. The van der Waals surface area contributed by atoms with Crippen molar-refractivity contribution in [2.75, 3.05) is 19.6 Å². The number of carbonyl (C=O) groups is 1. The molecule has 1 aliphatic carbocycles. The van der Waals surface area contributed by atoms with Crippen LogP contribution in [-0.4, -0.2) is 41.5 Å². The Morgan fingerprint density at radius 1 is 1.27 bits per heavy atom. The molecule has 120 valence electrons. The molecule has 3 rings (SSSR count). The van der Waals surface area contributed by atoms with Gasteiger partial charge in [0.25, 0.3) is 0 Å². The van der Waals surface area contributed by atoms with Gasteiger partial charge in [-0.2, -0.15) is 0 Å². The number of pyridine rings is 1. The molecule has 2 fully saturated rings. The molecule has 4 heteroatoms. The second kappa shape index (κ2) is 7.73. The summed E-state index contributed by atoms with van der Waals surface area (Å²) in [5.74, 6) is 0.429. The number of amides is 1. The van der Waals surface area contributed by atoms with E-state index >= 15 is 0 Å². The molecule has 1 unspecified atom stereocenters. The van der Waals surface area contributed by atoms with Crippen LogP contribution in [0.15, 0.2) is 24.5 Å². The number of nitrogens with one attached hydrogen (secondary N) is 1. The topological polar surface area (TPSA) is 45.2 Å². The summed E-state index contributed by atoms with van der Waals surface area (Å²) < 4.78 is 0. The van der Waals surface area contributed by atoms with Crippen LogP contribution in [0.1, 0.15) is 44.1 Å². The lowest BCUT2D eigenvalue weighted by molar-refractivity contribution is -0.124. The normalized spacial score (nSPS) is 23.5. The standard InChI is InChI=1S/C18H27N3O/c22-18(20-11-8-15-5-4-10-19-13-15)16-9-12-21(14-16)17-6-2-1-3-7-17/h4-5,10,13,16-17H,1-3,6-9,11-12,14H2,(H,20,22). The third-order valence-corrected chi connectivity index (χ3v) is 5.12. The highest BCUT2D eigenvalue weighted by molar-refractivity contribution is 5.79. The summed E-state index contributed by atoms with van der Waals surface area (Å²) in [6.45, 7) is 2.78. The van der Waals surface area contributed by atoms with Crippen LogP contribution >= 0.6 is 0 Å². The highest BCUT2D eigenvalue weighted by atomic mass is 16.1. The molecule has 0 spiro atoms. The van der Waals surface area contributed by atoms with E-state index < -0.39 is 0 Å². The molecule has 0 radical (unpaired) electrons. The Labute approximate surface area is 133 Å². The molecule has 1 aliphatic heterocycles. The van der Waals surface area contributed by atoms with E-state index in [0.717, 1.165) is 32.0 Å². The predicted octanol–water partition coefficient (Wildman–Crippen LogP) is 2.39. The Morgan fingerprint density at radius 3 is 2.91 bits per heavy atom. The van der Waals surface area contributed by atoms with E-state index in [1.54, 1.807) is 6.20 Å². The number of carbonyl (C=O) groups excluding carboxylic acids is 1. The summed E-state index contributed by atoms with van der Waals surface area (Å²) in [7, 11) is 0. The van der Waals surface area contributed by atoms with Crippen LogP contribution in [-0.2, 0) is 11.2 Å². The van der Waals surface area contributed by atoms with Crippen LogP contribution in [0.25, 0.3) is 0 Å². The van der Waals surface area contributed by atoms with Gasteiger partial charge in [0.2, 0.25) is 5.91 Å². The van der Waals surface area contributed by atoms with Crippen molar-refractivity contribution in [2.24, 2.45) is 5.92 Å². The van der Waals surface area contributed by atoms with Gasteiger partial charge in [-0.15, -0.1) is 0 Å². The maximum atomic E-state index is 12.3. The van der Waals surface area contributed by atoms with Crippen LogP contribution in [0.4, 0.5) is 0 Å². The van der Waals surface area contributed by atoms with E-state index in [0.29, 0.717) is 6.54 Å². The lowest BCUT2D eigenvalue weighted by Crippen LogP contribution is -2.38. The van der Waals surface area contributed by atoms with Crippen molar-refractivity contribution in [1.29, 1.82) is 0 Å². The molecule has 4 nitrogen and oxygen atoms in total. The van der Waals surface area contributed by atoms with Crippen LogP contribution in [0.2, 0.25) is 0 Å². The van der Waals surface area contributed by atoms with Gasteiger partial charge in [-0.3, -0.25) is 14.7 Å². The molecule has 22 heavy (non-hydrogen) atoms. The zero-order valence-corrected chi connectivity index (χ0v) is 13.3. The van der Waals surface area contributed by atoms with Crippen molar-refractivity contribution in [3.8, 4) is 0 Å². The summed E-state index contributed by atoms with van der Waals surface area (Å²) in [6.07, 6.45) is 12.3. The molecule has 1 amide bonds. The summed E-state index contributed by atoms with van der Waals surface area (Å²) in [6, 6.07) is 4.73. The van der Waals surface area contributed by atoms with E-state index in [2.05, 4.69) is 21.3 Å². The lowest BCUT2D eigenvalue weighted by Gasteiger charge is -2.30. The molecule has 1 saturated heterocycles. The predicted molar refractivity (Wildman–Crippen MR) is 87.5 cm³/mol. The average Bonchev–Trinajstić information content (AvgIpc) is 3.07. The molecule has 0 aromatic carbocycles. The Morgan fingerprint density at radius 2 is 2.14 bits per heavy atom. The molecule has 2 heterocycles. The number of nitrogens with zero attached hydrogens (tertiary/aromatic N) is 2. The summed E-state index contributed by atoms with van der Waals surface area (Å²) >= 11 is 0. The Kier molecular flexibility index (Phi) is 5.43. The van der Waals surface area contributed by atoms with Gasteiger partial charge in [0, 0.05) is 31.5 Å². The van der Waals surface area contributed by atoms with E-state index in [4.69, 9.17) is 0 Å². The van der Waals surface area contributed by atoms with Gasteiger partial charge in [-0.1, -0.05) is 25.3 Å². The molecule has 2 aliphatic rings. The number of aromatic nitrogens is 1. The molecule has 1 N–H and O–H groups in total. The lowest BCUT2D eigenvalue weighted by atomic mass is 9.94. The smallest absolute Gasteiger partial charge is 0.224 e. The minimum atomic E-state index is 0.191. The molecular formula is C18H27N3O. The van der Waals surface area contributed by atoms with Gasteiger partial charge in [-0.25, -0.2) is 0 Å². The molecule has 1 aromatic rings. The molecular weight excluding hydrogens is 274 g/mol. The first-order chi connectivity index (χ1) is 10.8. The average molecular weight is 301 g/mol. The number of hydrogen-bond acceptors (Lipinski definition) is 3. The Bertz CT molecular complexity index is 470. The highest BCUT2D eigenvalue weighted by Crippen LogP contribution is 2.27. The van der Waals surface area contributed by atoms with Gasteiger partial charge in [-0.05, 0) is 43.9 Å². The molecule has 1 saturated carbocycles. The first kappa shape index (κ1) is 15.5. The third kappa shape index (κ3) is 4.07. The molecule has 0 bridgehead atoms. The monoisotopic (exact) mass is 301 g/mol. The number of hydrogen-bond donors (Lipinski definition) is 1. The van der Waals surface area contributed by atoms with Gasteiger partial charge < -0.3 is 5.32 Å². The fourth-order valence-electron chi connectivity index (χ4n) is 3.80. The largest absolute Gasteiger partial charge is 0.355 e. The summed E-state index contributed by atoms with van der Waals surface area (Å²) in [5, 5.41) is 3.10. The van der Waals surface area contributed by atoms with Crippen LogP contribution in [0, 0.1) is 5.92 Å². The van der Waals surface area contributed by atoms with Crippen molar-refractivity contribution in [2.45, 2.75) is 51.0 Å². The van der Waals surface area contributed by atoms with Crippen molar-refractivity contribution in [1.82, 2.24) is 15.2 Å². The minimum absolute atomic E-state index is 0.191. The fraction of sp³-hybridized carbons (Fsp3) is 0.667. The van der Waals surface area contributed by atoms with Crippen molar-refractivity contribution in [3.63, 3.8) is 0 Å². The van der Waals surface area contributed by atoms with Gasteiger partial charge >= 0.3 is 0 Å². The van der Waals surface area contributed by atoms with Crippen LogP contribution < -0.4 is 5.32 Å². The molecule has 1 atom stereocenters. The van der Waals surface area contributed by atoms with Crippen molar-refractivity contribution >= 4 is 5.91 Å². The first-order valence-corrected chi connectivity index (χ1v) is 8.73. The van der Waals surface area contributed by atoms with E-state index in [1.807, 2.05) is 12.3 Å². The zero-order valence-electron chi connectivity index (χ0n) is 13.3. The maximum absolute atomic E-state index is 12.3. The summed E-state index contributed by atoms with van der Waals surface area (Å²) in [5.41, 5.74) is 1.18. The number of rotatable bonds is 5. The second-order valence-corrected chi connectivity index (χ2v) is 6.67. The fourth-order valence-corrected chi connectivity index (χ4v) is 3.80. The second-order valence-electron chi connectivity index (χ2n) is 6.67. The van der Waals surface area contributed by atoms with Gasteiger partial charge in [0.1, 0.15) is 0 Å². The molecule has 1 aromatic heterocycles. The highest BCUT2D eigenvalue weighted by Gasteiger charge is 2.32. The maximum Gasteiger partial charge on any atom is 0.224 e. The quantitative estimate of drug-likeness (QED) is 0.908. The Balaban J connectivity index is 1.39. The van der Waals surface area contributed by atoms with Crippen molar-refractivity contribution < 1.29 is 4.79 Å². The van der Waals surface area contributed by atoms with Crippen LogP contribution in [0.5, 0.6) is 0 Å². The van der Waals surface area contributed by atoms with Gasteiger partial charge in [0.15, 0.2) is 0 Å². The number of likely N-dealkylation sites (tertiary alicyclic amines) is 1. The zero-order chi connectivity index (χ0) is 15.2. The Hall–Kier alpha value is -1.42. The SMILES string of the molecule is O=C(NCCc1cccnc1)C1CCN(C2CCCCC2)C1. The van der Waals surface area contributed by atoms with E-state index in [9.17, 15) is 4.79 Å². The van der Waals surface area contributed by atoms with Crippen molar-refractivity contribution in [3.05, 3.63) is 30.1 Å². The summed E-state index contributed by atoms with van der Waals surface area (Å²) in [4.78, 5) is 19.0. The third-order valence-electron chi connectivity index (χ3n) is 5.12. The van der Waals surface area contributed by atoms with E-state index in [-0.39, 0.29) is 11.8 Å². The van der Waals surface area contributed by atoms with Crippen LogP contribution in [0.3, 0.4) is 0 Å². The van der Waals surface area contributed by atoms with E-state index in [1.165, 1.54) is 37.7 Å².